The highest BCUT2D eigenvalue weighted by Crippen LogP contribution is 2.33. The maximum atomic E-state index is 13.0. The molecular weight excluding hydrogens is 450 g/mol. The monoisotopic (exact) mass is 479 g/mol. The van der Waals surface area contributed by atoms with Crippen molar-refractivity contribution in [1.82, 2.24) is 33.6 Å². The molecule has 4 heterocycles. The number of aliphatic hydroxyl groups is 1. The van der Waals surface area contributed by atoms with E-state index in [1.54, 1.807) is 23.4 Å². The number of hydrogen-bond donors (Lipinski definition) is 2. The van der Waals surface area contributed by atoms with E-state index in [4.69, 9.17) is 0 Å². The Hall–Kier alpha value is -3.73. The van der Waals surface area contributed by atoms with Gasteiger partial charge in [0, 0.05) is 27.1 Å². The minimum absolute atomic E-state index is 0.0292. The molecule has 5 rings (SSSR count). The molecule has 1 amide bonds. The summed E-state index contributed by atoms with van der Waals surface area (Å²) in [6.07, 6.45) is 2.87. The van der Waals surface area contributed by atoms with Crippen LogP contribution in [0.25, 0.3) is 22.2 Å². The highest BCUT2D eigenvalue weighted by Gasteiger charge is 2.41. The largest absolute Gasteiger partial charge is 0.386 e. The van der Waals surface area contributed by atoms with Gasteiger partial charge in [-0.05, 0) is 44.4 Å². The summed E-state index contributed by atoms with van der Waals surface area (Å²) in [6.45, 7) is 4.17. The van der Waals surface area contributed by atoms with Crippen LogP contribution < -0.4 is 11.2 Å². The number of carbonyl (C=O) groups is 1. The zero-order chi connectivity index (χ0) is 25.1. The number of aromatic nitrogens is 6. The fourth-order valence-corrected chi connectivity index (χ4v) is 5.16. The molecule has 184 valence electrons. The second-order valence-electron chi connectivity index (χ2n) is 9.68. The van der Waals surface area contributed by atoms with Gasteiger partial charge in [-0.3, -0.25) is 18.7 Å². The molecule has 11 heteroatoms. The summed E-state index contributed by atoms with van der Waals surface area (Å²) in [6, 6.07) is 5.48. The predicted octanol–water partition coefficient (Wildman–Crippen LogP) is 0.776. The number of fused-ring (bicyclic) bond motifs is 2. The molecule has 1 saturated heterocycles. The first-order valence-corrected chi connectivity index (χ1v) is 11.6. The summed E-state index contributed by atoms with van der Waals surface area (Å²) >= 11 is 0. The van der Waals surface area contributed by atoms with Gasteiger partial charge in [0.2, 0.25) is 5.91 Å². The molecule has 2 atom stereocenters. The summed E-state index contributed by atoms with van der Waals surface area (Å²) < 4.78 is 4.01. The minimum Gasteiger partial charge on any atom is -0.386 e. The van der Waals surface area contributed by atoms with Crippen LogP contribution in [0, 0.1) is 6.92 Å². The second kappa shape index (κ2) is 8.19. The molecule has 0 unspecified atom stereocenters. The molecule has 0 radical (unpaired) electrons. The normalized spacial score (nSPS) is 20.7. The number of piperidine rings is 1. The summed E-state index contributed by atoms with van der Waals surface area (Å²) in [5.41, 5.74) is 1.24. The topological polar surface area (TPSA) is 131 Å². The van der Waals surface area contributed by atoms with Crippen molar-refractivity contribution in [2.24, 2.45) is 14.1 Å². The van der Waals surface area contributed by atoms with Crippen LogP contribution in [-0.4, -0.2) is 63.3 Å². The van der Waals surface area contributed by atoms with Crippen molar-refractivity contribution >= 4 is 28.1 Å². The number of aromatic amines is 1. The van der Waals surface area contributed by atoms with Gasteiger partial charge in [-0.25, -0.2) is 14.8 Å². The number of aryl methyl sites for hydroxylation is 3. The zero-order valence-electron chi connectivity index (χ0n) is 20.3. The third-order valence-corrected chi connectivity index (χ3v) is 7.06. The lowest BCUT2D eigenvalue weighted by molar-refractivity contribution is -0.140. The molecule has 2 N–H and O–H groups in total. The molecular formula is C24H29N7O4. The Labute approximate surface area is 200 Å². The van der Waals surface area contributed by atoms with Crippen molar-refractivity contribution in [3.8, 4) is 0 Å². The fraction of sp³-hybridized carbons (Fsp3) is 0.458. The van der Waals surface area contributed by atoms with E-state index in [-0.39, 0.29) is 23.6 Å². The van der Waals surface area contributed by atoms with Crippen LogP contribution in [0.15, 0.2) is 34.1 Å². The number of amides is 1. The summed E-state index contributed by atoms with van der Waals surface area (Å²) in [4.78, 5) is 51.7. The number of rotatable bonds is 4. The highest BCUT2D eigenvalue weighted by atomic mass is 16.3. The van der Waals surface area contributed by atoms with E-state index in [1.807, 2.05) is 25.1 Å². The van der Waals surface area contributed by atoms with E-state index in [1.165, 1.54) is 17.9 Å². The molecule has 0 bridgehead atoms. The molecule has 3 aromatic heterocycles. The van der Waals surface area contributed by atoms with Crippen molar-refractivity contribution in [1.29, 1.82) is 0 Å². The molecule has 1 aromatic carbocycles. The maximum absolute atomic E-state index is 13.0. The Morgan fingerprint density at radius 3 is 2.77 bits per heavy atom. The molecule has 0 aliphatic carbocycles. The Bertz CT molecular complexity index is 1570. The average molecular weight is 480 g/mol. The number of likely N-dealkylation sites (tertiary alicyclic amines) is 1. The van der Waals surface area contributed by atoms with Gasteiger partial charge in [0.05, 0.1) is 29.9 Å². The standard InChI is InChI=1S/C24H29N7O4/c1-14-26-16-7-5-15(11-17(16)27-14)6-8-19(32)30-10-9-18(24(2,35)12-30)31-13-25-21-20(31)22(33)29(4)23(34)28(21)3/h5,7,11,13,18,35H,6,8-10,12H2,1-4H3,(H,26,27)/t18-,24-/m1/s1. The quantitative estimate of drug-likeness (QED) is 0.445. The minimum atomic E-state index is -1.28. The van der Waals surface area contributed by atoms with Crippen molar-refractivity contribution in [2.45, 2.75) is 44.8 Å². The Morgan fingerprint density at radius 1 is 1.26 bits per heavy atom. The van der Waals surface area contributed by atoms with Crippen LogP contribution >= 0.6 is 0 Å². The van der Waals surface area contributed by atoms with E-state index in [2.05, 4.69) is 15.0 Å². The van der Waals surface area contributed by atoms with Crippen LogP contribution in [-0.2, 0) is 25.3 Å². The van der Waals surface area contributed by atoms with Crippen molar-refractivity contribution in [2.75, 3.05) is 13.1 Å². The molecule has 4 aromatic rings. The Kier molecular flexibility index (Phi) is 5.39. The average Bonchev–Trinajstić information content (AvgIpc) is 3.41. The second-order valence-corrected chi connectivity index (χ2v) is 9.68. The van der Waals surface area contributed by atoms with E-state index >= 15 is 0 Å². The van der Waals surface area contributed by atoms with Crippen LogP contribution in [0.5, 0.6) is 0 Å². The Morgan fingerprint density at radius 2 is 2.03 bits per heavy atom. The third-order valence-electron chi connectivity index (χ3n) is 7.06. The fourth-order valence-electron chi connectivity index (χ4n) is 5.16. The molecule has 0 spiro atoms. The molecule has 1 aliphatic heterocycles. The number of H-pyrrole nitrogens is 1. The SMILES string of the molecule is Cc1nc2ccc(CCC(=O)N3CC[C@@H](n4cnc5c4c(=O)n(C)c(=O)n5C)[C@](C)(O)C3)cc2[nH]1. The van der Waals surface area contributed by atoms with E-state index < -0.39 is 22.9 Å². The lowest BCUT2D eigenvalue weighted by Gasteiger charge is -2.43. The summed E-state index contributed by atoms with van der Waals surface area (Å²) in [5, 5.41) is 11.3. The van der Waals surface area contributed by atoms with Gasteiger partial charge < -0.3 is 19.6 Å². The summed E-state index contributed by atoms with van der Waals surface area (Å²) in [7, 11) is 2.98. The van der Waals surface area contributed by atoms with Gasteiger partial charge in [0.25, 0.3) is 5.56 Å². The van der Waals surface area contributed by atoms with Gasteiger partial charge >= 0.3 is 5.69 Å². The smallest absolute Gasteiger partial charge is 0.332 e. The lowest BCUT2D eigenvalue weighted by atomic mass is 9.88. The van der Waals surface area contributed by atoms with Gasteiger partial charge in [0.15, 0.2) is 11.2 Å². The summed E-state index contributed by atoms with van der Waals surface area (Å²) in [5.74, 6) is 0.822. The first-order valence-electron chi connectivity index (χ1n) is 11.6. The molecule has 1 aliphatic rings. The number of hydrogen-bond acceptors (Lipinski definition) is 6. The van der Waals surface area contributed by atoms with Crippen molar-refractivity contribution < 1.29 is 9.90 Å². The van der Waals surface area contributed by atoms with Gasteiger partial charge in [-0.15, -0.1) is 0 Å². The van der Waals surface area contributed by atoms with Crippen molar-refractivity contribution in [3.63, 3.8) is 0 Å². The predicted molar refractivity (Wildman–Crippen MR) is 130 cm³/mol. The first-order chi connectivity index (χ1) is 16.6. The number of β-amino-alcohol motifs (C(OH)–C–C–N with tert-alkyl or cyclic N) is 1. The lowest BCUT2D eigenvalue weighted by Crippen LogP contribution is -2.54. The van der Waals surface area contributed by atoms with Gasteiger partial charge in [-0.2, -0.15) is 0 Å². The zero-order valence-corrected chi connectivity index (χ0v) is 20.3. The molecule has 0 saturated carbocycles. The van der Waals surface area contributed by atoms with E-state index in [0.717, 1.165) is 27.0 Å². The first kappa shape index (κ1) is 23.0. The van der Waals surface area contributed by atoms with Crippen LogP contribution in [0.4, 0.5) is 0 Å². The molecule has 35 heavy (non-hydrogen) atoms. The third kappa shape index (κ3) is 3.85. The van der Waals surface area contributed by atoms with Crippen LogP contribution in [0.3, 0.4) is 0 Å². The van der Waals surface area contributed by atoms with Crippen LogP contribution in [0.1, 0.15) is 37.2 Å². The van der Waals surface area contributed by atoms with Crippen LogP contribution in [0.2, 0.25) is 0 Å². The number of imidazole rings is 2. The highest BCUT2D eigenvalue weighted by molar-refractivity contribution is 5.78. The molecule has 1 fully saturated rings. The van der Waals surface area contributed by atoms with Gasteiger partial charge in [0.1, 0.15) is 11.4 Å². The van der Waals surface area contributed by atoms with Gasteiger partial charge in [-0.1, -0.05) is 6.07 Å². The maximum Gasteiger partial charge on any atom is 0.332 e. The number of nitrogens with zero attached hydrogens (tertiary/aromatic N) is 6. The number of benzene rings is 1. The van der Waals surface area contributed by atoms with E-state index in [9.17, 15) is 19.5 Å². The number of carbonyl (C=O) groups excluding carboxylic acids is 1. The molecule has 11 nitrogen and oxygen atoms in total. The number of nitrogens with one attached hydrogen (secondary N) is 1. The van der Waals surface area contributed by atoms with Crippen molar-refractivity contribution in [3.05, 3.63) is 56.8 Å². The van der Waals surface area contributed by atoms with E-state index in [0.29, 0.717) is 25.8 Å². The Balaban J connectivity index is 1.32.